The third-order valence-electron chi connectivity index (χ3n) is 16.2. The van der Waals surface area contributed by atoms with E-state index in [4.69, 9.17) is 4.74 Å². The second kappa shape index (κ2) is 66.6. The average molecular weight is 1080 g/mol. The smallest absolute Gasteiger partial charge is 0.305 e. The molecule has 3 N–H and O–H groups in total. The number of unbranched alkanes of at least 4 members (excludes halogenated alkanes) is 48. The van der Waals surface area contributed by atoms with Crippen molar-refractivity contribution in [2.45, 2.75) is 392 Å². The number of aliphatic hydroxyl groups excluding tert-OH is 2. The van der Waals surface area contributed by atoms with Crippen molar-refractivity contribution < 1.29 is 24.5 Å². The van der Waals surface area contributed by atoms with Crippen LogP contribution >= 0.6 is 0 Å². The van der Waals surface area contributed by atoms with Crippen LogP contribution in [0.4, 0.5) is 0 Å². The van der Waals surface area contributed by atoms with Gasteiger partial charge in [-0.15, -0.1) is 0 Å². The number of esters is 1. The number of ether oxygens (including phenoxy) is 1. The Hall–Kier alpha value is -1.92. The fourth-order valence-electron chi connectivity index (χ4n) is 10.8. The molecule has 0 spiro atoms. The van der Waals surface area contributed by atoms with Gasteiger partial charge in [0.05, 0.1) is 25.4 Å². The molecule has 0 bridgehead atoms. The molecule has 0 heterocycles. The zero-order valence-electron chi connectivity index (χ0n) is 52.0. The number of amides is 1. The van der Waals surface area contributed by atoms with E-state index in [1.807, 2.05) is 0 Å². The van der Waals surface area contributed by atoms with E-state index in [1.54, 1.807) is 0 Å². The summed E-state index contributed by atoms with van der Waals surface area (Å²) in [6.07, 6.45) is 84.6. The summed E-state index contributed by atoms with van der Waals surface area (Å²) in [6.45, 7) is 4.95. The molecule has 1 amide bonds. The number of hydrogen-bond acceptors (Lipinski definition) is 5. The van der Waals surface area contributed by atoms with Gasteiger partial charge in [-0.05, 0) is 83.5 Å². The standard InChI is InChI=1S/C71H135NO5/c1-3-5-7-9-11-13-15-17-19-20-21-22-26-29-32-36-39-43-47-51-55-59-63-69(74)68(67-73)72-70(75)64-60-56-52-48-44-40-37-33-30-27-24-23-25-28-31-34-38-42-46-50-54-58-62-66-77-71(76)65-61-57-53-49-45-41-35-18-16-14-12-10-8-6-4-2/h12,14,18,27,30,35,68-69,73-74H,3-11,13,15-17,19-26,28-29,31-34,36-67H2,1-2H3,(H,72,75)/b14-12-,30-27-,35-18-. The predicted octanol–water partition coefficient (Wildman–Crippen LogP) is 22.3. The van der Waals surface area contributed by atoms with Gasteiger partial charge in [0.15, 0.2) is 0 Å². The molecule has 0 aromatic carbocycles. The van der Waals surface area contributed by atoms with Crippen LogP contribution < -0.4 is 5.32 Å². The van der Waals surface area contributed by atoms with Crippen molar-refractivity contribution in [3.05, 3.63) is 36.5 Å². The Morgan fingerprint density at radius 2 is 0.649 bits per heavy atom. The van der Waals surface area contributed by atoms with Gasteiger partial charge in [0, 0.05) is 12.8 Å². The molecule has 2 atom stereocenters. The van der Waals surface area contributed by atoms with Crippen molar-refractivity contribution in [1.82, 2.24) is 5.32 Å². The maximum absolute atomic E-state index is 12.5. The third kappa shape index (κ3) is 63.1. The Balaban J connectivity index is 3.42. The number of allylic oxidation sites excluding steroid dienone is 6. The molecule has 6 heteroatoms. The highest BCUT2D eigenvalue weighted by Gasteiger charge is 2.20. The van der Waals surface area contributed by atoms with Crippen LogP contribution in [-0.2, 0) is 14.3 Å². The first kappa shape index (κ1) is 75.1. The van der Waals surface area contributed by atoms with Crippen LogP contribution in [0.5, 0.6) is 0 Å². The molecular formula is C71H135NO5. The highest BCUT2D eigenvalue weighted by atomic mass is 16.5. The molecule has 0 radical (unpaired) electrons. The lowest BCUT2D eigenvalue weighted by Gasteiger charge is -2.22. The fourth-order valence-corrected chi connectivity index (χ4v) is 10.8. The van der Waals surface area contributed by atoms with Crippen molar-refractivity contribution in [3.63, 3.8) is 0 Å². The van der Waals surface area contributed by atoms with E-state index in [2.05, 4.69) is 55.6 Å². The van der Waals surface area contributed by atoms with Gasteiger partial charge in [-0.25, -0.2) is 0 Å². The fraction of sp³-hybridized carbons (Fsp3) is 0.887. The summed E-state index contributed by atoms with van der Waals surface area (Å²) in [5.74, 6) is -0.0397. The van der Waals surface area contributed by atoms with Crippen molar-refractivity contribution in [1.29, 1.82) is 0 Å². The van der Waals surface area contributed by atoms with E-state index in [0.717, 1.165) is 51.4 Å². The van der Waals surface area contributed by atoms with Crippen LogP contribution in [0.3, 0.4) is 0 Å². The van der Waals surface area contributed by atoms with E-state index in [1.165, 1.54) is 295 Å². The zero-order chi connectivity index (χ0) is 55.7. The van der Waals surface area contributed by atoms with Gasteiger partial charge < -0.3 is 20.3 Å². The largest absolute Gasteiger partial charge is 0.466 e. The van der Waals surface area contributed by atoms with Crippen LogP contribution in [0.1, 0.15) is 380 Å². The van der Waals surface area contributed by atoms with Gasteiger partial charge in [0.2, 0.25) is 5.91 Å². The minimum absolute atomic E-state index is 0.00196. The number of rotatable bonds is 65. The topological polar surface area (TPSA) is 95.9 Å². The summed E-state index contributed by atoms with van der Waals surface area (Å²) in [7, 11) is 0. The number of hydrogen-bond donors (Lipinski definition) is 3. The lowest BCUT2D eigenvalue weighted by atomic mass is 10.0. The highest BCUT2D eigenvalue weighted by Crippen LogP contribution is 2.18. The summed E-state index contributed by atoms with van der Waals surface area (Å²) in [6, 6.07) is -0.548. The minimum Gasteiger partial charge on any atom is -0.466 e. The van der Waals surface area contributed by atoms with E-state index < -0.39 is 12.1 Å². The Morgan fingerprint density at radius 1 is 0.364 bits per heavy atom. The molecule has 0 aliphatic carbocycles. The molecule has 0 rings (SSSR count). The van der Waals surface area contributed by atoms with Crippen LogP contribution in [0.25, 0.3) is 0 Å². The predicted molar refractivity (Wildman–Crippen MR) is 338 cm³/mol. The molecule has 0 aromatic rings. The van der Waals surface area contributed by atoms with Gasteiger partial charge in [-0.2, -0.15) is 0 Å². The van der Waals surface area contributed by atoms with Gasteiger partial charge >= 0.3 is 5.97 Å². The molecule has 0 aliphatic rings. The average Bonchev–Trinajstić information content (AvgIpc) is 3.43. The van der Waals surface area contributed by atoms with Gasteiger partial charge in [-0.3, -0.25) is 9.59 Å². The maximum Gasteiger partial charge on any atom is 0.305 e. The molecule has 0 saturated heterocycles. The molecular weight excluding hydrogens is 947 g/mol. The second-order valence-corrected chi connectivity index (χ2v) is 23.9. The van der Waals surface area contributed by atoms with Crippen molar-refractivity contribution in [3.8, 4) is 0 Å². The van der Waals surface area contributed by atoms with E-state index in [9.17, 15) is 19.8 Å². The normalized spacial score (nSPS) is 12.7. The zero-order valence-corrected chi connectivity index (χ0v) is 52.0. The summed E-state index contributed by atoms with van der Waals surface area (Å²) in [5.41, 5.74) is 0. The van der Waals surface area contributed by atoms with E-state index >= 15 is 0 Å². The maximum atomic E-state index is 12.5. The molecule has 0 fully saturated rings. The Kier molecular flexibility index (Phi) is 64.9. The van der Waals surface area contributed by atoms with Crippen LogP contribution in [-0.4, -0.2) is 47.4 Å². The van der Waals surface area contributed by atoms with Crippen molar-refractivity contribution in [2.75, 3.05) is 13.2 Å². The van der Waals surface area contributed by atoms with Crippen LogP contribution in [0.15, 0.2) is 36.5 Å². The van der Waals surface area contributed by atoms with Crippen molar-refractivity contribution in [2.24, 2.45) is 0 Å². The first-order chi connectivity index (χ1) is 38.0. The lowest BCUT2D eigenvalue weighted by molar-refractivity contribution is -0.143. The molecule has 0 aromatic heterocycles. The first-order valence-corrected chi connectivity index (χ1v) is 34.7. The molecule has 0 saturated carbocycles. The molecule has 77 heavy (non-hydrogen) atoms. The first-order valence-electron chi connectivity index (χ1n) is 34.7. The van der Waals surface area contributed by atoms with Crippen LogP contribution in [0, 0.1) is 0 Å². The molecule has 6 nitrogen and oxygen atoms in total. The van der Waals surface area contributed by atoms with E-state index in [-0.39, 0.29) is 18.5 Å². The number of aliphatic hydroxyl groups is 2. The van der Waals surface area contributed by atoms with Crippen molar-refractivity contribution >= 4 is 11.9 Å². The lowest BCUT2D eigenvalue weighted by Crippen LogP contribution is -2.45. The summed E-state index contributed by atoms with van der Waals surface area (Å²) in [4.78, 5) is 24.6. The quantitative estimate of drug-likeness (QED) is 0.0320. The number of carbonyl (C=O) groups is 2. The number of carbonyl (C=O) groups excluding carboxylic acids is 2. The molecule has 454 valence electrons. The third-order valence-corrected chi connectivity index (χ3v) is 16.2. The van der Waals surface area contributed by atoms with Crippen LogP contribution in [0.2, 0.25) is 0 Å². The Morgan fingerprint density at radius 3 is 1.03 bits per heavy atom. The summed E-state index contributed by atoms with van der Waals surface area (Å²) >= 11 is 0. The monoisotopic (exact) mass is 1080 g/mol. The molecule has 2 unspecified atom stereocenters. The van der Waals surface area contributed by atoms with E-state index in [0.29, 0.717) is 25.9 Å². The SMILES string of the molecule is CCCCC/C=C\C/C=C\CCCCCCCC(=O)OCCCCCCCCCCCCCC/C=C\CCCCCCCCCC(=O)NC(CO)C(O)CCCCCCCCCCCCCCCCCCCCCCCC. The Labute approximate surface area is 481 Å². The van der Waals surface area contributed by atoms with Gasteiger partial charge in [-0.1, -0.05) is 320 Å². The van der Waals surface area contributed by atoms with Gasteiger partial charge in [0.1, 0.15) is 0 Å². The summed E-state index contributed by atoms with van der Waals surface area (Å²) < 4.78 is 5.48. The van der Waals surface area contributed by atoms with Gasteiger partial charge in [0.25, 0.3) is 0 Å². The summed E-state index contributed by atoms with van der Waals surface area (Å²) in [5, 5.41) is 23.4. The second-order valence-electron chi connectivity index (χ2n) is 23.9. The minimum atomic E-state index is -0.670. The molecule has 0 aliphatic heterocycles. The highest BCUT2D eigenvalue weighted by molar-refractivity contribution is 5.76. The Bertz CT molecular complexity index is 1250. The number of nitrogens with one attached hydrogen (secondary N) is 1.